The summed E-state index contributed by atoms with van der Waals surface area (Å²) in [6, 6.07) is 12.7. The Bertz CT molecular complexity index is 814. The van der Waals surface area contributed by atoms with Crippen molar-refractivity contribution in [3.63, 3.8) is 0 Å². The van der Waals surface area contributed by atoms with Crippen molar-refractivity contribution >= 4 is 11.6 Å². The number of methoxy groups -OCH3 is 1. The third-order valence-electron chi connectivity index (χ3n) is 4.66. The Labute approximate surface area is 156 Å². The van der Waals surface area contributed by atoms with Gasteiger partial charge in [-0.05, 0) is 37.1 Å². The monoisotopic (exact) mass is 376 g/mol. The number of alkyl halides is 2. The molecule has 0 aromatic heterocycles. The van der Waals surface area contributed by atoms with Gasteiger partial charge in [0.1, 0.15) is 0 Å². The Hall–Kier alpha value is -2.83. The molecule has 0 saturated heterocycles. The highest BCUT2D eigenvalue weighted by Gasteiger charge is 2.24. The van der Waals surface area contributed by atoms with Gasteiger partial charge in [-0.25, -0.2) is 0 Å². The van der Waals surface area contributed by atoms with Crippen molar-refractivity contribution in [1.29, 1.82) is 0 Å². The number of carbonyl (C=O) groups is 1. The average molecular weight is 376 g/mol. The molecule has 3 rings (SSSR count). The number of nitrogens with zero attached hydrogens (tertiary/aromatic N) is 1. The van der Waals surface area contributed by atoms with Crippen LogP contribution in [-0.4, -0.2) is 38.8 Å². The van der Waals surface area contributed by atoms with E-state index in [0.717, 1.165) is 13.0 Å². The molecule has 1 aliphatic rings. The zero-order valence-electron chi connectivity index (χ0n) is 15.2. The summed E-state index contributed by atoms with van der Waals surface area (Å²) in [5.74, 6) is -0.653. The fraction of sp³-hybridized carbons (Fsp3) is 0.350. The number of ether oxygens (including phenoxy) is 2. The second kappa shape index (κ2) is 8.24. The molecule has 7 heteroatoms. The summed E-state index contributed by atoms with van der Waals surface area (Å²) in [5, 5.41) is 2.81. The number of halogens is 2. The van der Waals surface area contributed by atoms with Gasteiger partial charge in [-0.1, -0.05) is 24.3 Å². The predicted molar refractivity (Wildman–Crippen MR) is 98.9 cm³/mol. The first kappa shape index (κ1) is 18.9. The average Bonchev–Trinajstić information content (AvgIpc) is 3.09. The SMILES string of the molecule is COc1cccc(C(=O)NCC(C)N2CCc3ccccc32)c1OC(F)F. The maximum atomic E-state index is 12.7. The third kappa shape index (κ3) is 4.13. The predicted octanol–water partition coefficient (Wildman–Crippen LogP) is 3.48. The van der Waals surface area contributed by atoms with E-state index >= 15 is 0 Å². The number of carbonyl (C=O) groups excluding carboxylic acids is 1. The zero-order chi connectivity index (χ0) is 19.4. The molecule has 1 unspecified atom stereocenters. The summed E-state index contributed by atoms with van der Waals surface area (Å²) in [4.78, 5) is 14.8. The molecule has 1 amide bonds. The van der Waals surface area contributed by atoms with Crippen molar-refractivity contribution in [3.05, 3.63) is 53.6 Å². The van der Waals surface area contributed by atoms with Gasteiger partial charge in [0.15, 0.2) is 11.5 Å². The van der Waals surface area contributed by atoms with Crippen LogP contribution in [0.4, 0.5) is 14.5 Å². The van der Waals surface area contributed by atoms with Crippen molar-refractivity contribution in [1.82, 2.24) is 5.32 Å². The summed E-state index contributed by atoms with van der Waals surface area (Å²) >= 11 is 0. The number of para-hydroxylation sites is 2. The summed E-state index contributed by atoms with van der Waals surface area (Å²) in [7, 11) is 1.34. The Morgan fingerprint density at radius 1 is 1.22 bits per heavy atom. The number of hydrogen-bond donors (Lipinski definition) is 1. The molecule has 0 saturated carbocycles. The first-order valence-corrected chi connectivity index (χ1v) is 8.75. The number of benzene rings is 2. The Kier molecular flexibility index (Phi) is 5.78. The van der Waals surface area contributed by atoms with E-state index in [1.807, 2.05) is 19.1 Å². The Morgan fingerprint density at radius 3 is 2.74 bits per heavy atom. The van der Waals surface area contributed by atoms with E-state index in [1.54, 1.807) is 6.07 Å². The minimum atomic E-state index is -3.05. The lowest BCUT2D eigenvalue weighted by Crippen LogP contribution is -2.41. The third-order valence-corrected chi connectivity index (χ3v) is 4.66. The fourth-order valence-corrected chi connectivity index (χ4v) is 3.33. The molecule has 0 bridgehead atoms. The first-order chi connectivity index (χ1) is 13.0. The summed E-state index contributed by atoms with van der Waals surface area (Å²) in [6.45, 7) is 0.228. The minimum absolute atomic E-state index is 0.0173. The number of fused-ring (bicyclic) bond motifs is 1. The molecule has 1 N–H and O–H groups in total. The molecule has 1 heterocycles. The van der Waals surface area contributed by atoms with Crippen LogP contribution in [0.2, 0.25) is 0 Å². The molecular formula is C20H22F2N2O3. The summed E-state index contributed by atoms with van der Waals surface area (Å²) < 4.78 is 35.0. The van der Waals surface area contributed by atoms with Gasteiger partial charge in [-0.2, -0.15) is 8.78 Å². The van der Waals surface area contributed by atoms with Gasteiger partial charge >= 0.3 is 6.61 Å². The summed E-state index contributed by atoms with van der Waals surface area (Å²) in [5.41, 5.74) is 2.47. The van der Waals surface area contributed by atoms with Crippen LogP contribution in [0.15, 0.2) is 42.5 Å². The second-order valence-electron chi connectivity index (χ2n) is 6.35. The lowest BCUT2D eigenvalue weighted by Gasteiger charge is -2.27. The zero-order valence-corrected chi connectivity index (χ0v) is 15.2. The molecule has 0 aliphatic carbocycles. The van der Waals surface area contributed by atoms with Crippen LogP contribution in [0.3, 0.4) is 0 Å². The van der Waals surface area contributed by atoms with Crippen molar-refractivity contribution in [2.45, 2.75) is 26.0 Å². The van der Waals surface area contributed by atoms with Crippen LogP contribution in [0, 0.1) is 0 Å². The van der Waals surface area contributed by atoms with Crippen LogP contribution in [0.5, 0.6) is 11.5 Å². The molecule has 5 nitrogen and oxygen atoms in total. The van der Waals surface area contributed by atoms with Crippen molar-refractivity contribution in [3.8, 4) is 11.5 Å². The van der Waals surface area contributed by atoms with Crippen LogP contribution < -0.4 is 19.7 Å². The quantitative estimate of drug-likeness (QED) is 0.804. The maximum absolute atomic E-state index is 12.7. The van der Waals surface area contributed by atoms with Crippen LogP contribution >= 0.6 is 0 Å². The number of nitrogens with one attached hydrogen (secondary N) is 1. The van der Waals surface area contributed by atoms with Gasteiger partial charge in [0, 0.05) is 24.8 Å². The van der Waals surface area contributed by atoms with E-state index in [9.17, 15) is 13.6 Å². The molecule has 2 aromatic rings. The lowest BCUT2D eigenvalue weighted by atomic mass is 10.1. The van der Waals surface area contributed by atoms with E-state index in [2.05, 4.69) is 27.1 Å². The Balaban J connectivity index is 1.69. The van der Waals surface area contributed by atoms with Gasteiger partial charge in [0.05, 0.1) is 12.7 Å². The fourth-order valence-electron chi connectivity index (χ4n) is 3.33. The highest BCUT2D eigenvalue weighted by Crippen LogP contribution is 2.32. The van der Waals surface area contributed by atoms with Crippen molar-refractivity contribution in [2.75, 3.05) is 25.1 Å². The molecule has 1 aliphatic heterocycles. The lowest BCUT2D eigenvalue weighted by molar-refractivity contribution is -0.0515. The number of amides is 1. The molecule has 1 atom stereocenters. The van der Waals surface area contributed by atoms with Crippen LogP contribution in [0.1, 0.15) is 22.8 Å². The van der Waals surface area contributed by atoms with E-state index < -0.39 is 12.5 Å². The molecule has 27 heavy (non-hydrogen) atoms. The second-order valence-corrected chi connectivity index (χ2v) is 6.35. The molecule has 0 spiro atoms. The van der Waals surface area contributed by atoms with Gasteiger partial charge in [-0.3, -0.25) is 4.79 Å². The number of hydrogen-bond acceptors (Lipinski definition) is 4. The first-order valence-electron chi connectivity index (χ1n) is 8.75. The van der Waals surface area contributed by atoms with Gasteiger partial charge in [-0.15, -0.1) is 0 Å². The van der Waals surface area contributed by atoms with E-state index in [0.29, 0.717) is 6.54 Å². The molecular weight excluding hydrogens is 354 g/mol. The van der Waals surface area contributed by atoms with E-state index in [4.69, 9.17) is 4.74 Å². The highest BCUT2D eigenvalue weighted by atomic mass is 19.3. The standard InChI is InChI=1S/C20H22F2N2O3/c1-13(24-11-10-14-6-3-4-8-16(14)24)12-23-19(25)15-7-5-9-17(26-2)18(15)27-20(21)22/h3-9,13,20H,10-12H2,1-2H3,(H,23,25). The van der Waals surface area contributed by atoms with E-state index in [1.165, 1.54) is 30.5 Å². The molecule has 144 valence electrons. The topological polar surface area (TPSA) is 50.8 Å². The summed E-state index contributed by atoms with van der Waals surface area (Å²) in [6.07, 6.45) is 0.969. The van der Waals surface area contributed by atoms with Gasteiger partial charge in [0.25, 0.3) is 5.91 Å². The maximum Gasteiger partial charge on any atom is 0.387 e. The smallest absolute Gasteiger partial charge is 0.387 e. The number of anilines is 1. The highest BCUT2D eigenvalue weighted by molar-refractivity contribution is 5.97. The van der Waals surface area contributed by atoms with Crippen LogP contribution in [-0.2, 0) is 6.42 Å². The van der Waals surface area contributed by atoms with Gasteiger partial charge < -0.3 is 19.7 Å². The number of rotatable bonds is 7. The normalized spacial score (nSPS) is 14.0. The van der Waals surface area contributed by atoms with E-state index in [-0.39, 0.29) is 23.1 Å². The largest absolute Gasteiger partial charge is 0.493 e. The van der Waals surface area contributed by atoms with Crippen molar-refractivity contribution < 1.29 is 23.0 Å². The molecule has 0 radical (unpaired) electrons. The Morgan fingerprint density at radius 2 is 2.00 bits per heavy atom. The molecule has 2 aromatic carbocycles. The van der Waals surface area contributed by atoms with Crippen LogP contribution in [0.25, 0.3) is 0 Å². The van der Waals surface area contributed by atoms with Crippen molar-refractivity contribution in [2.24, 2.45) is 0 Å². The minimum Gasteiger partial charge on any atom is -0.493 e. The molecule has 0 fully saturated rings. The van der Waals surface area contributed by atoms with Gasteiger partial charge in [0.2, 0.25) is 0 Å².